The minimum Gasteiger partial charge on any atom is -1.00 e. The van der Waals surface area contributed by atoms with Crippen molar-refractivity contribution in [1.29, 1.82) is 0 Å². The zero-order valence-electron chi connectivity index (χ0n) is 6.68. The molecule has 0 bridgehead atoms. The van der Waals surface area contributed by atoms with E-state index in [4.69, 9.17) is 5.11 Å². The second-order valence-electron chi connectivity index (χ2n) is 1.17. The van der Waals surface area contributed by atoms with E-state index in [0.29, 0.717) is 0 Å². The van der Waals surface area contributed by atoms with Crippen LogP contribution in [-0.4, -0.2) is 17.7 Å². The number of hydrogen-bond acceptors (Lipinski definition) is 3. The average molecular weight is 140 g/mol. The van der Waals surface area contributed by atoms with Crippen LogP contribution in [0.25, 0.3) is 0 Å². The van der Waals surface area contributed by atoms with Crippen molar-refractivity contribution in [2.75, 3.05) is 6.61 Å². The van der Waals surface area contributed by atoms with Crippen LogP contribution >= 0.6 is 0 Å². The molecule has 0 aromatic heterocycles. The van der Waals surface area contributed by atoms with Gasteiger partial charge in [-0.2, -0.15) is 0 Å². The van der Waals surface area contributed by atoms with Gasteiger partial charge in [0.1, 0.15) is 0 Å². The van der Waals surface area contributed by atoms with Crippen LogP contribution in [0.1, 0.15) is 8.35 Å². The molecule has 0 rings (SSSR count). The number of hydrogen-bond donors (Lipinski definition) is 1. The molecular formula is C5H9NaO3. The normalized spacial score (nSPS) is 7.22. The van der Waals surface area contributed by atoms with E-state index in [1.807, 2.05) is 0 Å². The van der Waals surface area contributed by atoms with E-state index in [2.05, 4.69) is 11.3 Å². The fourth-order valence-electron chi connectivity index (χ4n) is 0.214. The molecule has 0 aromatic rings. The van der Waals surface area contributed by atoms with Crippen LogP contribution in [0.5, 0.6) is 0 Å². The van der Waals surface area contributed by atoms with E-state index in [-0.39, 0.29) is 37.6 Å². The quantitative estimate of drug-likeness (QED) is 0.204. The smallest absolute Gasteiger partial charge is 1.00 e. The van der Waals surface area contributed by atoms with Crippen LogP contribution in [-0.2, 0) is 9.53 Å². The minimum absolute atomic E-state index is 0. The van der Waals surface area contributed by atoms with Crippen molar-refractivity contribution < 1.29 is 45.6 Å². The summed E-state index contributed by atoms with van der Waals surface area (Å²) < 4.78 is 4.31. The molecule has 4 heteroatoms. The van der Waals surface area contributed by atoms with Crippen molar-refractivity contribution in [1.82, 2.24) is 0 Å². The third-order valence-electron chi connectivity index (χ3n) is 0.511. The molecule has 0 atom stereocenters. The van der Waals surface area contributed by atoms with Crippen LogP contribution < -0.4 is 29.6 Å². The maximum absolute atomic E-state index is 10.2. The molecule has 0 aliphatic heterocycles. The Labute approximate surface area is 77.5 Å². The molecule has 0 aromatic carbocycles. The molecule has 0 saturated carbocycles. The van der Waals surface area contributed by atoms with Gasteiger partial charge in [-0.1, -0.05) is 0 Å². The summed E-state index contributed by atoms with van der Waals surface area (Å²) in [5, 5.41) is 8.28. The molecule has 48 valence electrons. The van der Waals surface area contributed by atoms with Crippen molar-refractivity contribution >= 4 is 5.97 Å². The molecule has 0 radical (unpaired) electrons. The molecule has 0 fully saturated rings. The topological polar surface area (TPSA) is 46.5 Å². The predicted octanol–water partition coefficient (Wildman–Crippen LogP) is -2.26. The van der Waals surface area contributed by atoms with E-state index in [9.17, 15) is 4.79 Å². The zero-order chi connectivity index (χ0) is 6.57. The fourth-order valence-corrected chi connectivity index (χ4v) is 0.214. The summed E-state index contributed by atoms with van der Waals surface area (Å²) in [5.41, 5.74) is 0. The fraction of sp³-hybridized carbons (Fsp3) is 0.400. The van der Waals surface area contributed by atoms with Crippen LogP contribution in [0.4, 0.5) is 0 Å². The Hall–Kier alpha value is 0.0100. The third kappa shape index (κ3) is 5.89. The molecule has 0 aliphatic rings. The van der Waals surface area contributed by atoms with Gasteiger partial charge in [0, 0.05) is 0 Å². The Bertz CT molecular complexity index is 115. The maximum atomic E-state index is 10.2. The van der Waals surface area contributed by atoms with Crippen molar-refractivity contribution in [2.45, 2.75) is 6.92 Å². The van der Waals surface area contributed by atoms with Gasteiger partial charge in [-0.25, -0.2) is 4.79 Å². The predicted molar refractivity (Wildman–Crippen MR) is 29.5 cm³/mol. The first kappa shape index (κ1) is 11.8. The monoisotopic (exact) mass is 140 g/mol. The number of rotatable bonds is 2. The summed E-state index contributed by atoms with van der Waals surface area (Å²) in [6.45, 7) is 4.87. The van der Waals surface area contributed by atoms with Crippen molar-refractivity contribution in [2.24, 2.45) is 0 Å². The first-order valence-electron chi connectivity index (χ1n) is 2.23. The number of esters is 1. The van der Waals surface area contributed by atoms with Gasteiger partial charge in [-0.15, -0.1) is 0 Å². The standard InChI is InChI=1S/C5H8O3.Na.H/c1-3-8-5(7)4(2)6;;/h6H,2-3H2,1H3;;/q;+1;-1. The van der Waals surface area contributed by atoms with E-state index < -0.39 is 11.7 Å². The van der Waals surface area contributed by atoms with Crippen molar-refractivity contribution in [3.63, 3.8) is 0 Å². The summed E-state index contributed by atoms with van der Waals surface area (Å²) in [6.07, 6.45) is 0. The number of aliphatic hydroxyl groups is 1. The van der Waals surface area contributed by atoms with Gasteiger partial charge in [0.2, 0.25) is 0 Å². The summed E-state index contributed by atoms with van der Waals surface area (Å²) in [5.74, 6) is -1.31. The summed E-state index contributed by atoms with van der Waals surface area (Å²) >= 11 is 0. The third-order valence-corrected chi connectivity index (χ3v) is 0.511. The summed E-state index contributed by atoms with van der Waals surface area (Å²) in [7, 11) is 0. The Morgan fingerprint density at radius 2 is 2.33 bits per heavy atom. The molecule has 0 unspecified atom stereocenters. The van der Waals surface area contributed by atoms with Gasteiger partial charge in [0.15, 0.2) is 5.76 Å². The van der Waals surface area contributed by atoms with Gasteiger partial charge >= 0.3 is 35.5 Å². The van der Waals surface area contributed by atoms with Crippen molar-refractivity contribution in [3.8, 4) is 0 Å². The van der Waals surface area contributed by atoms with Crippen molar-refractivity contribution in [3.05, 3.63) is 12.3 Å². The summed E-state index contributed by atoms with van der Waals surface area (Å²) in [6, 6.07) is 0. The first-order valence-corrected chi connectivity index (χ1v) is 2.23. The number of ether oxygens (including phenoxy) is 1. The Kier molecular flexibility index (Phi) is 8.02. The Morgan fingerprint density at radius 3 is 2.44 bits per heavy atom. The van der Waals surface area contributed by atoms with Crippen LogP contribution in [0, 0.1) is 0 Å². The van der Waals surface area contributed by atoms with Crippen LogP contribution in [0.15, 0.2) is 12.3 Å². The Morgan fingerprint density at radius 1 is 1.89 bits per heavy atom. The molecule has 0 heterocycles. The molecule has 0 saturated heterocycles. The molecule has 0 amide bonds. The molecule has 9 heavy (non-hydrogen) atoms. The number of carbonyl (C=O) groups is 1. The van der Waals surface area contributed by atoms with E-state index in [0.717, 1.165) is 0 Å². The average Bonchev–Trinajstić information content (AvgIpc) is 1.67. The van der Waals surface area contributed by atoms with Crippen LogP contribution in [0.2, 0.25) is 0 Å². The minimum atomic E-state index is -0.757. The maximum Gasteiger partial charge on any atom is 1.00 e. The van der Waals surface area contributed by atoms with Gasteiger partial charge < -0.3 is 11.3 Å². The number of carbonyl (C=O) groups excluding carboxylic acids is 1. The van der Waals surface area contributed by atoms with Gasteiger partial charge in [0.05, 0.1) is 6.61 Å². The second-order valence-corrected chi connectivity index (χ2v) is 1.17. The molecule has 3 nitrogen and oxygen atoms in total. The Balaban J connectivity index is -0.000000245. The largest absolute Gasteiger partial charge is 1.00 e. The van der Waals surface area contributed by atoms with Crippen LogP contribution in [0.3, 0.4) is 0 Å². The zero-order valence-corrected chi connectivity index (χ0v) is 7.68. The van der Waals surface area contributed by atoms with Gasteiger partial charge in [0.25, 0.3) is 0 Å². The summed E-state index contributed by atoms with van der Waals surface area (Å²) in [4.78, 5) is 10.2. The molecule has 0 spiro atoms. The second kappa shape index (κ2) is 6.13. The van der Waals surface area contributed by atoms with E-state index >= 15 is 0 Å². The SMILES string of the molecule is C=C(O)C(=O)OCC.[H-].[Na+]. The molecule has 0 aliphatic carbocycles. The van der Waals surface area contributed by atoms with E-state index in [1.165, 1.54) is 0 Å². The molecule has 1 N–H and O–H groups in total. The molecular weight excluding hydrogens is 131 g/mol. The number of aliphatic hydroxyl groups excluding tert-OH is 1. The first-order chi connectivity index (χ1) is 3.68. The van der Waals surface area contributed by atoms with Gasteiger partial charge in [-0.3, -0.25) is 0 Å². The van der Waals surface area contributed by atoms with Gasteiger partial charge in [-0.05, 0) is 13.5 Å². The van der Waals surface area contributed by atoms with E-state index in [1.54, 1.807) is 6.92 Å².